The zero-order valence-corrected chi connectivity index (χ0v) is 13.0. The van der Waals surface area contributed by atoms with Crippen LogP contribution < -0.4 is 9.62 Å². The third-order valence-corrected chi connectivity index (χ3v) is 4.87. The van der Waals surface area contributed by atoms with Crippen molar-refractivity contribution >= 4 is 26.0 Å². The molecule has 0 amide bonds. The van der Waals surface area contributed by atoms with Crippen molar-refractivity contribution in [1.82, 2.24) is 4.89 Å². The summed E-state index contributed by atoms with van der Waals surface area (Å²) in [6.07, 6.45) is 3.95. The van der Waals surface area contributed by atoms with E-state index in [1.165, 1.54) is 19.2 Å². The molecular weight excluding hydrogens is 334 g/mol. The van der Waals surface area contributed by atoms with E-state index in [9.17, 15) is 8.42 Å². The van der Waals surface area contributed by atoms with E-state index < -0.39 is 10.0 Å². The highest BCUT2D eigenvalue weighted by molar-refractivity contribution is 9.10. The fourth-order valence-electron chi connectivity index (χ4n) is 2.00. The molecule has 19 heavy (non-hydrogen) atoms. The molecule has 0 spiro atoms. The molecular formula is C12H16BrNO4S. The fraction of sp³-hybridized carbons (Fsp3) is 0.500. The maximum Gasteiger partial charge on any atom is 0.262 e. The van der Waals surface area contributed by atoms with Crippen LogP contribution in [0.1, 0.15) is 25.7 Å². The Morgan fingerprint density at radius 2 is 2.00 bits per heavy atom. The third kappa shape index (κ3) is 3.68. The van der Waals surface area contributed by atoms with E-state index in [0.29, 0.717) is 10.2 Å². The smallest absolute Gasteiger partial charge is 0.262 e. The molecule has 1 aromatic carbocycles. The number of methoxy groups -OCH3 is 1. The summed E-state index contributed by atoms with van der Waals surface area (Å²) in [5.74, 6) is 0.579. The van der Waals surface area contributed by atoms with Gasteiger partial charge in [-0.15, -0.1) is 0 Å². The lowest BCUT2D eigenvalue weighted by molar-refractivity contribution is 0.0223. The highest BCUT2D eigenvalue weighted by atomic mass is 79.9. The maximum absolute atomic E-state index is 12.0. The molecule has 1 fully saturated rings. The topological polar surface area (TPSA) is 64.6 Å². The first-order chi connectivity index (χ1) is 9.03. The molecule has 0 unspecified atom stereocenters. The highest BCUT2D eigenvalue weighted by Gasteiger charge is 2.21. The number of benzene rings is 1. The number of nitrogens with one attached hydrogen (secondary N) is 1. The summed E-state index contributed by atoms with van der Waals surface area (Å²) in [6, 6.07) is 4.55. The van der Waals surface area contributed by atoms with Crippen LogP contribution in [0.15, 0.2) is 27.6 Å². The van der Waals surface area contributed by atoms with Crippen LogP contribution in [-0.4, -0.2) is 21.6 Å². The number of sulfonamides is 1. The predicted octanol–water partition coefficient (Wildman–Crippen LogP) is 2.61. The van der Waals surface area contributed by atoms with Crippen molar-refractivity contribution in [3.05, 3.63) is 22.7 Å². The summed E-state index contributed by atoms with van der Waals surface area (Å²) in [6.45, 7) is 0. The molecule has 0 bridgehead atoms. The normalized spacial score (nSPS) is 16.7. The van der Waals surface area contributed by atoms with Crippen molar-refractivity contribution in [2.24, 2.45) is 0 Å². The van der Waals surface area contributed by atoms with E-state index in [2.05, 4.69) is 20.8 Å². The van der Waals surface area contributed by atoms with E-state index in [-0.39, 0.29) is 11.0 Å². The zero-order chi connectivity index (χ0) is 13.9. The van der Waals surface area contributed by atoms with Gasteiger partial charge in [0.05, 0.1) is 22.6 Å². The van der Waals surface area contributed by atoms with Crippen LogP contribution in [0.2, 0.25) is 0 Å². The Hall–Kier alpha value is -0.630. The monoisotopic (exact) mass is 349 g/mol. The van der Waals surface area contributed by atoms with Crippen molar-refractivity contribution in [2.75, 3.05) is 7.11 Å². The molecule has 0 aromatic heterocycles. The molecule has 106 valence electrons. The van der Waals surface area contributed by atoms with E-state index in [1.807, 2.05) is 0 Å². The first-order valence-corrected chi connectivity index (χ1v) is 8.31. The minimum absolute atomic E-state index is 0.0172. The zero-order valence-electron chi connectivity index (χ0n) is 10.6. The van der Waals surface area contributed by atoms with Gasteiger partial charge >= 0.3 is 0 Å². The average molecular weight is 350 g/mol. The molecule has 1 N–H and O–H groups in total. The number of ether oxygens (including phenoxy) is 1. The SMILES string of the molecule is COc1ccc(S(=O)(=O)NOC2CCCC2)cc1Br. The van der Waals surface area contributed by atoms with Crippen LogP contribution in [0, 0.1) is 0 Å². The Morgan fingerprint density at radius 3 is 2.58 bits per heavy atom. The summed E-state index contributed by atoms with van der Waals surface area (Å²) in [5, 5.41) is 0. The molecule has 2 rings (SSSR count). The van der Waals surface area contributed by atoms with Gasteiger partial charge < -0.3 is 4.74 Å². The van der Waals surface area contributed by atoms with Gasteiger partial charge in [0, 0.05) is 0 Å². The molecule has 0 radical (unpaired) electrons. The van der Waals surface area contributed by atoms with E-state index in [1.54, 1.807) is 6.07 Å². The van der Waals surface area contributed by atoms with Gasteiger partial charge in [0.2, 0.25) is 0 Å². The lowest BCUT2D eigenvalue weighted by Gasteiger charge is -2.12. The second-order valence-corrected chi connectivity index (χ2v) is 6.91. The quantitative estimate of drug-likeness (QED) is 0.829. The van der Waals surface area contributed by atoms with Crippen LogP contribution in [0.5, 0.6) is 5.75 Å². The fourth-order valence-corrected chi connectivity index (χ4v) is 3.57. The summed E-state index contributed by atoms with van der Waals surface area (Å²) >= 11 is 3.26. The van der Waals surface area contributed by atoms with Crippen LogP contribution >= 0.6 is 15.9 Å². The Balaban J connectivity index is 2.08. The molecule has 5 nitrogen and oxygen atoms in total. The van der Waals surface area contributed by atoms with Gasteiger partial charge in [-0.05, 0) is 47.0 Å². The predicted molar refractivity (Wildman–Crippen MR) is 74.4 cm³/mol. The van der Waals surface area contributed by atoms with E-state index >= 15 is 0 Å². The maximum atomic E-state index is 12.0. The van der Waals surface area contributed by atoms with Gasteiger partial charge in [0.25, 0.3) is 10.0 Å². The number of rotatable bonds is 5. The molecule has 1 aliphatic carbocycles. The molecule has 0 saturated heterocycles. The summed E-state index contributed by atoms with van der Waals surface area (Å²) in [7, 11) is -2.13. The van der Waals surface area contributed by atoms with Gasteiger partial charge in [-0.2, -0.15) is 0 Å². The molecule has 0 aliphatic heterocycles. The Morgan fingerprint density at radius 1 is 1.32 bits per heavy atom. The molecule has 1 saturated carbocycles. The van der Waals surface area contributed by atoms with E-state index in [0.717, 1.165) is 25.7 Å². The number of hydrogen-bond acceptors (Lipinski definition) is 4. The van der Waals surface area contributed by atoms with E-state index in [4.69, 9.17) is 9.57 Å². The van der Waals surface area contributed by atoms with Crippen molar-refractivity contribution in [3.63, 3.8) is 0 Å². The molecule has 7 heteroatoms. The first-order valence-electron chi connectivity index (χ1n) is 6.04. The lowest BCUT2D eigenvalue weighted by atomic mass is 10.3. The van der Waals surface area contributed by atoms with Crippen molar-refractivity contribution < 1.29 is 18.0 Å². The summed E-state index contributed by atoms with van der Waals surface area (Å²) in [5.41, 5.74) is 0. The van der Waals surface area contributed by atoms with Crippen molar-refractivity contribution in [3.8, 4) is 5.75 Å². The Labute approximate surface area is 121 Å². The van der Waals surface area contributed by atoms with Crippen LogP contribution in [0.25, 0.3) is 0 Å². The van der Waals surface area contributed by atoms with Gasteiger partial charge in [-0.3, -0.25) is 4.84 Å². The summed E-state index contributed by atoms with van der Waals surface area (Å²) < 4.78 is 29.7. The third-order valence-electron chi connectivity index (χ3n) is 3.06. The van der Waals surface area contributed by atoms with Gasteiger partial charge in [0.1, 0.15) is 5.75 Å². The van der Waals surface area contributed by atoms with Gasteiger partial charge in [0.15, 0.2) is 0 Å². The van der Waals surface area contributed by atoms with Crippen LogP contribution in [-0.2, 0) is 14.9 Å². The lowest BCUT2D eigenvalue weighted by Crippen LogP contribution is -2.28. The number of hydrogen-bond donors (Lipinski definition) is 1. The molecule has 0 heterocycles. The largest absolute Gasteiger partial charge is 0.496 e. The highest BCUT2D eigenvalue weighted by Crippen LogP contribution is 2.27. The van der Waals surface area contributed by atoms with Crippen molar-refractivity contribution in [1.29, 1.82) is 0 Å². The molecule has 0 atom stereocenters. The first kappa shape index (κ1) is 14.8. The minimum Gasteiger partial charge on any atom is -0.496 e. The second-order valence-electron chi connectivity index (χ2n) is 4.41. The van der Waals surface area contributed by atoms with Crippen molar-refractivity contribution in [2.45, 2.75) is 36.7 Å². The Bertz CT molecular complexity index is 541. The Kier molecular flexibility index (Phi) is 4.83. The standard InChI is InChI=1S/C12H16BrNO4S/c1-17-12-7-6-10(8-11(12)13)19(15,16)14-18-9-4-2-3-5-9/h6-9,14H,2-5H2,1H3. The van der Waals surface area contributed by atoms with Gasteiger partial charge in [-0.25, -0.2) is 8.42 Å². The summed E-state index contributed by atoms with van der Waals surface area (Å²) in [4.78, 5) is 7.56. The van der Waals surface area contributed by atoms with Crippen LogP contribution in [0.4, 0.5) is 0 Å². The van der Waals surface area contributed by atoms with Crippen LogP contribution in [0.3, 0.4) is 0 Å². The molecule has 1 aromatic rings. The second kappa shape index (κ2) is 6.21. The minimum atomic E-state index is -3.65. The molecule has 1 aliphatic rings. The average Bonchev–Trinajstić information content (AvgIpc) is 2.89. The van der Waals surface area contributed by atoms with Gasteiger partial charge in [-0.1, -0.05) is 17.7 Å². The number of halogens is 1.